The summed E-state index contributed by atoms with van der Waals surface area (Å²) >= 11 is 1.39. The highest BCUT2D eigenvalue weighted by Crippen LogP contribution is 2.34. The lowest BCUT2D eigenvalue weighted by atomic mass is 10.1. The molecular weight excluding hydrogens is 471 g/mol. The molecule has 0 radical (unpaired) electrons. The summed E-state index contributed by atoms with van der Waals surface area (Å²) in [6.45, 7) is 2.55. The normalized spacial score (nSPS) is 11.8. The Morgan fingerprint density at radius 1 is 0.912 bits per heavy atom. The number of thioether (sulfide) groups is 1. The number of rotatable bonds is 7. The van der Waals surface area contributed by atoms with Gasteiger partial charge in [-0.2, -0.15) is 0 Å². The van der Waals surface area contributed by atoms with Crippen LogP contribution in [0.1, 0.15) is 12.5 Å². The average Bonchev–Trinajstić information content (AvgIpc) is 3.45. The van der Waals surface area contributed by atoms with Gasteiger partial charge in [0.15, 0.2) is 11.0 Å². The zero-order valence-electron chi connectivity index (χ0n) is 18.3. The fourth-order valence-corrected chi connectivity index (χ4v) is 6.25. The van der Waals surface area contributed by atoms with Crippen LogP contribution in [0.3, 0.4) is 0 Å². The zero-order valence-corrected chi connectivity index (χ0v) is 19.9. The Balaban J connectivity index is 1.59. The molecule has 0 N–H and O–H groups in total. The van der Waals surface area contributed by atoms with Gasteiger partial charge >= 0.3 is 0 Å². The van der Waals surface area contributed by atoms with Gasteiger partial charge in [-0.1, -0.05) is 66.4 Å². The van der Waals surface area contributed by atoms with E-state index in [1.807, 2.05) is 29.7 Å². The lowest BCUT2D eigenvalue weighted by Gasteiger charge is -2.07. The van der Waals surface area contributed by atoms with E-state index >= 15 is 0 Å². The van der Waals surface area contributed by atoms with Crippen LogP contribution >= 0.6 is 11.8 Å². The van der Waals surface area contributed by atoms with Gasteiger partial charge in [-0.3, -0.25) is 0 Å². The number of hydrogen-bond acceptors (Lipinski definition) is 5. The molecule has 2 heterocycles. The van der Waals surface area contributed by atoms with Crippen LogP contribution in [0.25, 0.3) is 22.3 Å². The van der Waals surface area contributed by atoms with Crippen LogP contribution in [0, 0.1) is 5.82 Å². The third-order valence-electron chi connectivity index (χ3n) is 5.57. The Hall–Kier alpha value is -3.43. The molecule has 34 heavy (non-hydrogen) atoms. The highest BCUT2D eigenvalue weighted by molar-refractivity contribution is 7.98. The van der Waals surface area contributed by atoms with Crippen molar-refractivity contribution in [1.82, 2.24) is 18.7 Å². The fraction of sp³-hybridized carbons (Fsp3) is 0.120. The highest BCUT2D eigenvalue weighted by Gasteiger charge is 2.24. The molecule has 9 heteroatoms. The Bertz CT molecular complexity index is 1580. The molecule has 0 unspecified atom stereocenters. The molecule has 5 rings (SSSR count). The van der Waals surface area contributed by atoms with Crippen LogP contribution in [0.2, 0.25) is 0 Å². The van der Waals surface area contributed by atoms with E-state index in [9.17, 15) is 12.8 Å². The van der Waals surface area contributed by atoms with Crippen LogP contribution in [-0.4, -0.2) is 27.2 Å². The topological polar surface area (TPSA) is 69.8 Å². The fourth-order valence-electron chi connectivity index (χ4n) is 3.87. The van der Waals surface area contributed by atoms with Gasteiger partial charge < -0.3 is 4.57 Å². The van der Waals surface area contributed by atoms with E-state index in [4.69, 9.17) is 0 Å². The predicted molar refractivity (Wildman–Crippen MR) is 132 cm³/mol. The monoisotopic (exact) mass is 492 g/mol. The number of nitrogens with zero attached hydrogens (tertiary/aromatic N) is 4. The van der Waals surface area contributed by atoms with Gasteiger partial charge in [0.05, 0.1) is 10.4 Å². The summed E-state index contributed by atoms with van der Waals surface area (Å²) in [7, 11) is -3.80. The van der Waals surface area contributed by atoms with Crippen molar-refractivity contribution in [2.24, 2.45) is 0 Å². The van der Waals surface area contributed by atoms with Gasteiger partial charge in [0.2, 0.25) is 0 Å². The first-order valence-electron chi connectivity index (χ1n) is 10.7. The van der Waals surface area contributed by atoms with Crippen molar-refractivity contribution in [3.8, 4) is 11.4 Å². The summed E-state index contributed by atoms with van der Waals surface area (Å²) in [5, 5.41) is 10.1. The number of fused-ring (bicyclic) bond motifs is 1. The first-order chi connectivity index (χ1) is 16.5. The van der Waals surface area contributed by atoms with Gasteiger partial charge in [-0.25, -0.2) is 16.8 Å². The highest BCUT2D eigenvalue weighted by atomic mass is 32.2. The predicted octanol–water partition coefficient (Wildman–Crippen LogP) is 5.59. The van der Waals surface area contributed by atoms with Crippen molar-refractivity contribution < 1.29 is 12.8 Å². The Kier molecular flexibility index (Phi) is 5.97. The standard InChI is InChI=1S/C25H21FN4O2S2/c1-2-29-24(27-28-25(29)33-17-18-10-6-8-14-22(18)26)21-16-30(23-15-9-7-13-20(21)23)34(31,32)19-11-4-3-5-12-19/h3-16H,2,17H2,1H3. The number of aromatic nitrogens is 4. The third kappa shape index (κ3) is 3.91. The maximum Gasteiger partial charge on any atom is 0.268 e. The molecule has 0 saturated carbocycles. The van der Waals surface area contributed by atoms with Gasteiger partial charge in [-0.15, -0.1) is 10.2 Å². The maximum atomic E-state index is 14.1. The minimum absolute atomic E-state index is 0.209. The molecule has 5 aromatic rings. The molecule has 0 aliphatic heterocycles. The van der Waals surface area contributed by atoms with E-state index in [0.29, 0.717) is 39.9 Å². The van der Waals surface area contributed by atoms with Gasteiger partial charge in [0, 0.05) is 29.4 Å². The molecule has 0 aliphatic rings. The van der Waals surface area contributed by atoms with Gasteiger partial charge in [0.25, 0.3) is 10.0 Å². The SMILES string of the molecule is CCn1c(SCc2ccccc2F)nnc1-c1cn(S(=O)(=O)c2ccccc2)c2ccccc12. The van der Waals surface area contributed by atoms with Crippen LogP contribution in [-0.2, 0) is 22.3 Å². The van der Waals surface area contributed by atoms with Crippen molar-refractivity contribution in [2.75, 3.05) is 0 Å². The van der Waals surface area contributed by atoms with E-state index < -0.39 is 10.0 Å². The zero-order chi connectivity index (χ0) is 23.7. The summed E-state index contributed by atoms with van der Waals surface area (Å²) in [6.07, 6.45) is 1.61. The lowest BCUT2D eigenvalue weighted by molar-refractivity contribution is 0.589. The molecule has 3 aromatic carbocycles. The Morgan fingerprint density at radius 2 is 1.62 bits per heavy atom. The second kappa shape index (κ2) is 9.08. The van der Waals surface area contributed by atoms with Crippen LogP contribution < -0.4 is 0 Å². The molecule has 0 spiro atoms. The molecule has 0 fully saturated rings. The molecule has 6 nitrogen and oxygen atoms in total. The van der Waals surface area contributed by atoms with Crippen molar-refractivity contribution >= 4 is 32.7 Å². The van der Waals surface area contributed by atoms with E-state index in [1.54, 1.807) is 60.8 Å². The Morgan fingerprint density at radius 3 is 2.38 bits per heavy atom. The first kappa shape index (κ1) is 22.4. The van der Waals surface area contributed by atoms with Crippen LogP contribution in [0.15, 0.2) is 95.1 Å². The second-order valence-corrected chi connectivity index (χ2v) is 10.4. The largest absolute Gasteiger partial charge is 0.302 e. The quantitative estimate of drug-likeness (QED) is 0.277. The van der Waals surface area contributed by atoms with Crippen molar-refractivity contribution in [3.05, 3.63) is 96.4 Å². The molecule has 0 atom stereocenters. The molecule has 0 saturated heterocycles. The minimum atomic E-state index is -3.80. The molecule has 172 valence electrons. The molecule has 0 aliphatic carbocycles. The van der Waals surface area contributed by atoms with Gasteiger partial charge in [-0.05, 0) is 36.8 Å². The molecule has 0 bridgehead atoms. The summed E-state index contributed by atoms with van der Waals surface area (Å²) in [5.74, 6) is 0.721. The van der Waals surface area contributed by atoms with Gasteiger partial charge in [0.1, 0.15) is 5.82 Å². The number of benzene rings is 3. The average molecular weight is 493 g/mol. The summed E-state index contributed by atoms with van der Waals surface area (Å²) in [4.78, 5) is 0.209. The van der Waals surface area contributed by atoms with Crippen molar-refractivity contribution in [3.63, 3.8) is 0 Å². The van der Waals surface area contributed by atoms with Crippen molar-refractivity contribution in [2.45, 2.75) is 29.3 Å². The Labute approximate surface area is 201 Å². The van der Waals surface area contributed by atoms with E-state index in [0.717, 1.165) is 5.39 Å². The van der Waals surface area contributed by atoms with Crippen molar-refractivity contribution in [1.29, 1.82) is 0 Å². The number of hydrogen-bond donors (Lipinski definition) is 0. The smallest absolute Gasteiger partial charge is 0.268 e. The molecular formula is C25H21FN4O2S2. The second-order valence-electron chi connectivity index (χ2n) is 7.60. The number of halogens is 1. The maximum absolute atomic E-state index is 14.1. The van der Waals surface area contributed by atoms with E-state index in [2.05, 4.69) is 10.2 Å². The van der Waals surface area contributed by atoms with E-state index in [1.165, 1.54) is 21.8 Å². The van der Waals surface area contributed by atoms with E-state index in [-0.39, 0.29) is 10.7 Å². The summed E-state index contributed by atoms with van der Waals surface area (Å²) < 4.78 is 44.1. The summed E-state index contributed by atoms with van der Waals surface area (Å²) in [6, 6.07) is 22.3. The molecule has 2 aromatic heterocycles. The van der Waals surface area contributed by atoms with Crippen LogP contribution in [0.4, 0.5) is 4.39 Å². The lowest BCUT2D eigenvalue weighted by Crippen LogP contribution is -2.11. The summed E-state index contributed by atoms with van der Waals surface area (Å²) in [5.41, 5.74) is 1.82. The minimum Gasteiger partial charge on any atom is -0.302 e. The third-order valence-corrected chi connectivity index (χ3v) is 8.27. The molecule has 0 amide bonds. The first-order valence-corrected chi connectivity index (χ1v) is 13.1. The van der Waals surface area contributed by atoms with Crippen LogP contribution in [0.5, 0.6) is 0 Å². The number of para-hydroxylation sites is 1.